The number of rotatable bonds is 3. The van der Waals surface area contributed by atoms with Crippen molar-refractivity contribution in [3.63, 3.8) is 0 Å². The molecule has 7 nitrogen and oxygen atoms in total. The van der Waals surface area contributed by atoms with E-state index in [4.69, 9.17) is 9.47 Å². The lowest BCUT2D eigenvalue weighted by Crippen LogP contribution is -2.60. The number of hydrogen-bond acceptors (Lipinski definition) is 6. The number of halogens is 1. The smallest absolute Gasteiger partial charge is 0.314 e. The fraction of sp³-hybridized carbons (Fsp3) is 0.526. The quantitative estimate of drug-likeness (QED) is 0.634. The van der Waals surface area contributed by atoms with E-state index in [1.54, 1.807) is 45.0 Å². The Morgan fingerprint density at radius 2 is 1.93 bits per heavy atom. The van der Waals surface area contributed by atoms with Gasteiger partial charge in [0.2, 0.25) is 0 Å². The van der Waals surface area contributed by atoms with Gasteiger partial charge in [0.05, 0.1) is 25.7 Å². The zero-order chi connectivity index (χ0) is 20.6. The molecule has 3 aliphatic heterocycles. The van der Waals surface area contributed by atoms with E-state index in [1.807, 2.05) is 6.07 Å². The van der Waals surface area contributed by atoms with Crippen LogP contribution in [0.2, 0.25) is 0 Å². The van der Waals surface area contributed by atoms with Crippen molar-refractivity contribution in [2.24, 2.45) is 5.41 Å². The molecule has 3 heterocycles. The molecule has 3 aliphatic rings. The van der Waals surface area contributed by atoms with E-state index >= 15 is 0 Å². The first-order valence-corrected chi connectivity index (χ1v) is 10.4. The van der Waals surface area contributed by atoms with Crippen LogP contribution in [-0.2, 0) is 19.1 Å². The third kappa shape index (κ3) is 2.09. The van der Waals surface area contributed by atoms with Crippen molar-refractivity contribution in [3.8, 4) is 5.75 Å². The molecule has 28 heavy (non-hydrogen) atoms. The van der Waals surface area contributed by atoms with Gasteiger partial charge in [0.15, 0.2) is 9.74 Å². The Balaban J connectivity index is 1.97. The Morgan fingerprint density at radius 3 is 2.54 bits per heavy atom. The van der Waals surface area contributed by atoms with Gasteiger partial charge in [-0.1, -0.05) is 27.7 Å². The number of benzene rings is 1. The fourth-order valence-corrected chi connectivity index (χ4v) is 7.19. The Kier molecular flexibility index (Phi) is 4.11. The fourth-order valence-electron chi connectivity index (χ4n) is 4.78. The largest absolute Gasteiger partial charge is 0.497 e. The van der Waals surface area contributed by atoms with Gasteiger partial charge in [-0.2, -0.15) is 0 Å². The summed E-state index contributed by atoms with van der Waals surface area (Å²) in [5.41, 5.74) is -0.376. The van der Waals surface area contributed by atoms with E-state index in [2.05, 4.69) is 15.9 Å². The van der Waals surface area contributed by atoms with Gasteiger partial charge in [0.25, 0.3) is 11.8 Å². The molecule has 0 saturated carbocycles. The average Bonchev–Trinajstić information content (AvgIpc) is 3.14. The monoisotopic (exact) mass is 468 g/mol. The van der Waals surface area contributed by atoms with Crippen molar-refractivity contribution in [2.75, 3.05) is 21.3 Å². The Morgan fingerprint density at radius 1 is 1.25 bits per heavy atom. The van der Waals surface area contributed by atoms with Crippen molar-refractivity contribution in [3.05, 3.63) is 28.2 Å². The zero-order valence-electron chi connectivity index (χ0n) is 16.2. The summed E-state index contributed by atoms with van der Waals surface area (Å²) in [6.45, 7) is 3.53. The van der Waals surface area contributed by atoms with Crippen molar-refractivity contribution >= 4 is 45.5 Å². The van der Waals surface area contributed by atoms with Crippen molar-refractivity contribution < 1.29 is 23.9 Å². The summed E-state index contributed by atoms with van der Waals surface area (Å²) in [6, 6.07) is 4.75. The number of ether oxygens (including phenoxy) is 2. The highest BCUT2D eigenvalue weighted by Crippen LogP contribution is 2.70. The van der Waals surface area contributed by atoms with Crippen molar-refractivity contribution in [2.45, 2.75) is 36.1 Å². The molecule has 0 radical (unpaired) electrons. The van der Waals surface area contributed by atoms with Crippen LogP contribution in [-0.4, -0.2) is 58.6 Å². The van der Waals surface area contributed by atoms with Crippen LogP contribution in [0.4, 0.5) is 0 Å². The number of methoxy groups -OCH3 is 2. The molecule has 3 fully saturated rings. The predicted octanol–water partition coefficient (Wildman–Crippen LogP) is 2.54. The summed E-state index contributed by atoms with van der Waals surface area (Å²) >= 11 is 4.87. The van der Waals surface area contributed by atoms with Crippen LogP contribution in [0.3, 0.4) is 0 Å². The summed E-state index contributed by atoms with van der Waals surface area (Å²) in [5, 5.41) is 0. The number of hydrogen-bond donors (Lipinski definition) is 0. The molecule has 9 heteroatoms. The van der Waals surface area contributed by atoms with Crippen LogP contribution >= 0.6 is 27.7 Å². The van der Waals surface area contributed by atoms with Crippen molar-refractivity contribution in [1.29, 1.82) is 0 Å². The van der Waals surface area contributed by atoms with Gasteiger partial charge in [0, 0.05) is 17.9 Å². The molecule has 3 saturated heterocycles. The normalized spacial score (nSPS) is 36.1. The number of esters is 1. The van der Waals surface area contributed by atoms with Crippen LogP contribution in [0.1, 0.15) is 31.9 Å². The van der Waals surface area contributed by atoms with E-state index in [1.165, 1.54) is 23.8 Å². The molecule has 1 spiro atoms. The molecular formula is C19H21BrN2O5S. The molecule has 150 valence electrons. The highest BCUT2D eigenvalue weighted by Gasteiger charge is 2.80. The van der Waals surface area contributed by atoms with Crippen LogP contribution in [0.15, 0.2) is 22.7 Å². The minimum atomic E-state index is -1.11. The number of nitrogens with zero attached hydrogens (tertiary/aromatic N) is 2. The lowest BCUT2D eigenvalue weighted by Gasteiger charge is -2.40. The summed E-state index contributed by atoms with van der Waals surface area (Å²) < 4.78 is 11.2. The highest BCUT2D eigenvalue weighted by molar-refractivity contribution is 9.10. The summed E-state index contributed by atoms with van der Waals surface area (Å²) in [5.74, 6) is -0.179. The minimum absolute atomic E-state index is 0.156. The molecule has 2 bridgehead atoms. The Hall–Kier alpha value is -1.74. The average molecular weight is 469 g/mol. The third-order valence-electron chi connectivity index (χ3n) is 6.27. The third-order valence-corrected chi connectivity index (χ3v) is 8.69. The highest BCUT2D eigenvalue weighted by atomic mass is 79.9. The minimum Gasteiger partial charge on any atom is -0.497 e. The molecule has 0 aliphatic carbocycles. The van der Waals surface area contributed by atoms with Gasteiger partial charge < -0.3 is 19.3 Å². The van der Waals surface area contributed by atoms with Crippen LogP contribution < -0.4 is 4.74 Å². The number of fused-ring (bicyclic) bond motifs is 1. The molecular weight excluding hydrogens is 448 g/mol. The predicted molar refractivity (Wildman–Crippen MR) is 107 cm³/mol. The van der Waals surface area contributed by atoms with E-state index < -0.39 is 27.2 Å². The van der Waals surface area contributed by atoms with Gasteiger partial charge in [-0.25, -0.2) is 0 Å². The molecule has 2 unspecified atom stereocenters. The first kappa shape index (κ1) is 19.6. The number of thioether (sulfide) groups is 1. The van der Waals surface area contributed by atoms with Crippen LogP contribution in [0, 0.1) is 5.41 Å². The van der Waals surface area contributed by atoms with Gasteiger partial charge in [-0.15, -0.1) is 0 Å². The van der Waals surface area contributed by atoms with Gasteiger partial charge in [0.1, 0.15) is 5.75 Å². The summed E-state index contributed by atoms with van der Waals surface area (Å²) in [4.78, 5) is 40.6. The molecule has 0 N–H and O–H groups in total. The van der Waals surface area contributed by atoms with Gasteiger partial charge in [-0.05, 0) is 37.6 Å². The lowest BCUT2D eigenvalue weighted by atomic mass is 9.78. The van der Waals surface area contributed by atoms with E-state index in [0.717, 1.165) is 4.47 Å². The number of amides is 2. The summed E-state index contributed by atoms with van der Waals surface area (Å²) in [6.07, 6.45) is 0.191. The second-order valence-electron chi connectivity index (χ2n) is 7.78. The molecule has 1 aromatic rings. The molecule has 0 aromatic heterocycles. The van der Waals surface area contributed by atoms with Gasteiger partial charge >= 0.3 is 5.97 Å². The maximum atomic E-state index is 13.5. The number of likely N-dealkylation sites (N-methyl/N-ethyl adjacent to an activating group) is 1. The first-order valence-electron chi connectivity index (χ1n) is 8.81. The molecule has 4 atom stereocenters. The van der Waals surface area contributed by atoms with E-state index in [0.29, 0.717) is 11.3 Å². The molecule has 4 rings (SSSR count). The summed E-state index contributed by atoms with van der Waals surface area (Å²) in [7, 11) is 4.53. The lowest BCUT2D eigenvalue weighted by molar-refractivity contribution is -0.160. The molecule has 1 aromatic carbocycles. The van der Waals surface area contributed by atoms with Crippen LogP contribution in [0.25, 0.3) is 0 Å². The Bertz CT molecular complexity index is 926. The number of carbonyl (C=O) groups is 3. The number of piperazine rings is 1. The first-order chi connectivity index (χ1) is 13.1. The SMILES string of the molecule is COC(=O)[C@@]1(C)CC23SC(C)(C(=O)N2[C@H]1c1cc(OC)ccc1Br)N(C)C3=O. The zero-order valence-corrected chi connectivity index (χ0v) is 18.6. The maximum absolute atomic E-state index is 13.5. The topological polar surface area (TPSA) is 76.2 Å². The standard InChI is InChI=1S/C19H21BrN2O5S/c1-17(16(25)27-5)9-19-15(24)21(3)18(2,28-19)14(23)22(19)13(17)11-8-10(26-4)6-7-12(11)20/h6-8,13H,9H2,1-5H3/t13-,17-,18?,19?/m0/s1. The number of carbonyl (C=O) groups excluding carboxylic acids is 3. The van der Waals surface area contributed by atoms with E-state index in [-0.39, 0.29) is 18.2 Å². The van der Waals surface area contributed by atoms with Crippen LogP contribution in [0.5, 0.6) is 5.75 Å². The Labute approximate surface area is 175 Å². The molecule has 2 amide bonds. The maximum Gasteiger partial charge on any atom is 0.314 e. The second-order valence-corrected chi connectivity index (χ2v) is 10.3. The van der Waals surface area contributed by atoms with Gasteiger partial charge in [-0.3, -0.25) is 14.4 Å². The van der Waals surface area contributed by atoms with E-state index in [9.17, 15) is 14.4 Å². The van der Waals surface area contributed by atoms with Crippen molar-refractivity contribution in [1.82, 2.24) is 9.80 Å². The second kappa shape index (κ2) is 5.89.